The summed E-state index contributed by atoms with van der Waals surface area (Å²) >= 11 is 0. The number of hydrogen-bond acceptors (Lipinski definition) is 1. The van der Waals surface area contributed by atoms with Gasteiger partial charge in [0.1, 0.15) is 11.3 Å². The Balaban J connectivity index is 0.000000741. The maximum Gasteiger partial charge on any atom is 0.134 e. The first-order valence-corrected chi connectivity index (χ1v) is 7.10. The molecule has 104 valence electrons. The number of benzene rings is 1. The van der Waals surface area contributed by atoms with E-state index in [2.05, 4.69) is 12.1 Å². The highest BCUT2D eigenvalue weighted by Crippen LogP contribution is 2.26. The molecular formula is C18H26O. The van der Waals surface area contributed by atoms with E-state index >= 15 is 0 Å². The third-order valence-electron chi connectivity index (χ3n) is 2.39. The second kappa shape index (κ2) is 10.2. The van der Waals surface area contributed by atoms with Crippen LogP contribution in [-0.4, -0.2) is 0 Å². The lowest BCUT2D eigenvalue weighted by molar-refractivity contribution is 0.577. The molecule has 0 N–H and O–H groups in total. The van der Waals surface area contributed by atoms with E-state index < -0.39 is 0 Å². The summed E-state index contributed by atoms with van der Waals surface area (Å²) in [5.41, 5.74) is 2.12. The number of furan rings is 1. The second-order valence-corrected chi connectivity index (χ2v) is 3.45. The Labute approximate surface area is 117 Å². The zero-order valence-corrected chi connectivity index (χ0v) is 13.0. The Morgan fingerprint density at radius 2 is 1.58 bits per heavy atom. The molecule has 0 unspecified atom stereocenters. The SMILES string of the molecule is C/C=C/C=C\c1c(C)oc2ccccc12.CC.CC. The van der Waals surface area contributed by atoms with Gasteiger partial charge < -0.3 is 4.42 Å². The van der Waals surface area contributed by atoms with Crippen LogP contribution < -0.4 is 0 Å². The molecule has 0 aliphatic carbocycles. The number of hydrogen-bond donors (Lipinski definition) is 0. The third-order valence-corrected chi connectivity index (χ3v) is 2.39. The van der Waals surface area contributed by atoms with Gasteiger partial charge in [0.2, 0.25) is 0 Å². The van der Waals surface area contributed by atoms with Gasteiger partial charge >= 0.3 is 0 Å². The summed E-state index contributed by atoms with van der Waals surface area (Å²) in [5.74, 6) is 0.969. The molecule has 19 heavy (non-hydrogen) atoms. The van der Waals surface area contributed by atoms with Crippen molar-refractivity contribution < 1.29 is 4.42 Å². The van der Waals surface area contributed by atoms with E-state index in [1.54, 1.807) is 0 Å². The lowest BCUT2D eigenvalue weighted by atomic mass is 10.1. The standard InChI is InChI=1S/C14H14O.2C2H6/c1-3-4-5-8-12-11(2)15-14-10-7-6-9-13(12)14;2*1-2/h3-10H,1-2H3;2*1-2H3/b4-3+,8-5-;;. The van der Waals surface area contributed by atoms with Crippen LogP contribution in [0.5, 0.6) is 0 Å². The Bertz CT molecular complexity index is 515. The molecule has 0 amide bonds. The molecule has 1 heterocycles. The van der Waals surface area contributed by atoms with Crippen LogP contribution in [0.15, 0.2) is 46.9 Å². The van der Waals surface area contributed by atoms with Crippen LogP contribution in [0.2, 0.25) is 0 Å². The average Bonchev–Trinajstić information content (AvgIpc) is 2.80. The van der Waals surface area contributed by atoms with Gasteiger partial charge in [0.05, 0.1) is 0 Å². The molecule has 0 spiro atoms. The zero-order chi connectivity index (χ0) is 14.7. The second-order valence-electron chi connectivity index (χ2n) is 3.45. The topological polar surface area (TPSA) is 13.1 Å². The van der Waals surface area contributed by atoms with Crippen LogP contribution in [0.25, 0.3) is 17.0 Å². The van der Waals surface area contributed by atoms with Crippen molar-refractivity contribution in [2.75, 3.05) is 0 Å². The van der Waals surface area contributed by atoms with Gasteiger partial charge in [-0.2, -0.15) is 0 Å². The summed E-state index contributed by atoms with van der Waals surface area (Å²) in [5, 5.41) is 1.18. The quantitative estimate of drug-likeness (QED) is 0.569. The Hall–Kier alpha value is -1.76. The van der Waals surface area contributed by atoms with Gasteiger partial charge in [-0.15, -0.1) is 0 Å². The summed E-state index contributed by atoms with van der Waals surface area (Å²) in [6.07, 6.45) is 8.14. The number of rotatable bonds is 2. The monoisotopic (exact) mass is 258 g/mol. The minimum atomic E-state index is 0.954. The fourth-order valence-corrected chi connectivity index (χ4v) is 1.66. The largest absolute Gasteiger partial charge is 0.461 e. The molecule has 0 aliphatic heterocycles. The smallest absolute Gasteiger partial charge is 0.134 e. The maximum atomic E-state index is 5.65. The highest BCUT2D eigenvalue weighted by Gasteiger charge is 2.06. The lowest BCUT2D eigenvalue weighted by Crippen LogP contribution is -1.71. The van der Waals surface area contributed by atoms with Gasteiger partial charge in [-0.25, -0.2) is 0 Å². The number of fused-ring (bicyclic) bond motifs is 1. The Morgan fingerprint density at radius 1 is 0.947 bits per heavy atom. The van der Waals surface area contributed by atoms with Crippen molar-refractivity contribution >= 4 is 17.0 Å². The molecule has 0 atom stereocenters. The van der Waals surface area contributed by atoms with E-state index in [-0.39, 0.29) is 0 Å². The minimum Gasteiger partial charge on any atom is -0.461 e. The van der Waals surface area contributed by atoms with E-state index in [1.807, 2.05) is 78.0 Å². The summed E-state index contributed by atoms with van der Waals surface area (Å²) in [6, 6.07) is 8.10. The van der Waals surface area contributed by atoms with Crippen molar-refractivity contribution in [1.29, 1.82) is 0 Å². The fraction of sp³-hybridized carbons (Fsp3) is 0.333. The predicted molar refractivity (Wildman–Crippen MR) is 87.5 cm³/mol. The van der Waals surface area contributed by atoms with Crippen LogP contribution >= 0.6 is 0 Å². The Kier molecular flexibility index (Phi) is 9.25. The molecular weight excluding hydrogens is 232 g/mol. The minimum absolute atomic E-state index is 0.954. The van der Waals surface area contributed by atoms with Gasteiger partial charge in [-0.1, -0.05) is 70.2 Å². The van der Waals surface area contributed by atoms with Crippen molar-refractivity contribution in [2.24, 2.45) is 0 Å². The van der Waals surface area contributed by atoms with E-state index in [0.717, 1.165) is 11.3 Å². The van der Waals surface area contributed by atoms with Crippen LogP contribution in [0, 0.1) is 6.92 Å². The molecule has 0 bridgehead atoms. The molecule has 0 aliphatic rings. The normalized spacial score (nSPS) is 10.2. The average molecular weight is 258 g/mol. The molecule has 1 heteroatoms. The van der Waals surface area contributed by atoms with E-state index in [0.29, 0.717) is 0 Å². The summed E-state index contributed by atoms with van der Waals surface area (Å²) in [6.45, 7) is 12.0. The molecule has 1 nitrogen and oxygen atoms in total. The Morgan fingerprint density at radius 3 is 2.21 bits per heavy atom. The van der Waals surface area contributed by atoms with Crippen LogP contribution in [0.3, 0.4) is 0 Å². The molecule has 2 rings (SSSR count). The van der Waals surface area contributed by atoms with E-state index in [9.17, 15) is 0 Å². The third kappa shape index (κ3) is 4.78. The summed E-state index contributed by atoms with van der Waals surface area (Å²) in [7, 11) is 0. The van der Waals surface area contributed by atoms with Crippen LogP contribution in [0.4, 0.5) is 0 Å². The van der Waals surface area contributed by atoms with E-state index in [1.165, 1.54) is 10.9 Å². The highest BCUT2D eigenvalue weighted by molar-refractivity contribution is 5.88. The fourth-order valence-electron chi connectivity index (χ4n) is 1.66. The lowest BCUT2D eigenvalue weighted by Gasteiger charge is -1.89. The summed E-state index contributed by atoms with van der Waals surface area (Å²) < 4.78 is 5.65. The van der Waals surface area contributed by atoms with Crippen molar-refractivity contribution in [3.63, 3.8) is 0 Å². The van der Waals surface area contributed by atoms with Crippen LogP contribution in [0.1, 0.15) is 45.9 Å². The van der Waals surface area contributed by atoms with Crippen molar-refractivity contribution in [3.05, 3.63) is 53.8 Å². The van der Waals surface area contributed by atoms with Gasteiger partial charge in [0.25, 0.3) is 0 Å². The number of aryl methyl sites for hydroxylation is 1. The van der Waals surface area contributed by atoms with Gasteiger partial charge in [0, 0.05) is 10.9 Å². The first-order chi connectivity index (χ1) is 9.33. The van der Waals surface area contributed by atoms with Crippen molar-refractivity contribution in [3.8, 4) is 0 Å². The molecule has 2 aromatic rings. The van der Waals surface area contributed by atoms with Gasteiger partial charge in [0.15, 0.2) is 0 Å². The van der Waals surface area contributed by atoms with E-state index in [4.69, 9.17) is 4.42 Å². The molecule has 0 saturated heterocycles. The number of para-hydroxylation sites is 1. The predicted octanol–water partition coefficient (Wildman–Crippen LogP) is 6.38. The first kappa shape index (κ1) is 17.2. The molecule has 0 saturated carbocycles. The molecule has 1 aromatic heterocycles. The molecule has 0 radical (unpaired) electrons. The zero-order valence-electron chi connectivity index (χ0n) is 13.0. The highest BCUT2D eigenvalue weighted by atomic mass is 16.3. The van der Waals surface area contributed by atoms with Crippen molar-refractivity contribution in [1.82, 2.24) is 0 Å². The summed E-state index contributed by atoms with van der Waals surface area (Å²) in [4.78, 5) is 0. The van der Waals surface area contributed by atoms with Crippen LogP contribution in [-0.2, 0) is 0 Å². The van der Waals surface area contributed by atoms with Crippen molar-refractivity contribution in [2.45, 2.75) is 41.5 Å². The maximum absolute atomic E-state index is 5.65. The number of allylic oxidation sites excluding steroid dienone is 3. The molecule has 1 aromatic carbocycles. The van der Waals surface area contributed by atoms with Gasteiger partial charge in [-0.05, 0) is 19.9 Å². The first-order valence-electron chi connectivity index (χ1n) is 7.10. The molecule has 0 fully saturated rings. The van der Waals surface area contributed by atoms with Gasteiger partial charge in [-0.3, -0.25) is 0 Å².